The first-order valence-electron chi connectivity index (χ1n) is 6.70. The summed E-state index contributed by atoms with van der Waals surface area (Å²) >= 11 is 0. The first kappa shape index (κ1) is 16.0. The van der Waals surface area contributed by atoms with E-state index in [1.165, 1.54) is 0 Å². The van der Waals surface area contributed by atoms with Crippen molar-refractivity contribution in [3.05, 3.63) is 35.9 Å². The van der Waals surface area contributed by atoms with E-state index in [1.807, 2.05) is 25.2 Å². The Bertz CT molecular complexity index is 404. The van der Waals surface area contributed by atoms with Gasteiger partial charge in [0.2, 0.25) is 5.91 Å². The summed E-state index contributed by atoms with van der Waals surface area (Å²) in [7, 11) is 1.91. The molecule has 1 unspecified atom stereocenters. The van der Waals surface area contributed by atoms with Crippen LogP contribution in [-0.4, -0.2) is 25.5 Å². The number of hydrogen-bond donors (Lipinski definition) is 2. The molecule has 1 atom stereocenters. The van der Waals surface area contributed by atoms with Crippen molar-refractivity contribution < 1.29 is 4.79 Å². The van der Waals surface area contributed by atoms with Crippen molar-refractivity contribution in [2.75, 3.05) is 13.6 Å². The third kappa shape index (κ3) is 3.28. The highest BCUT2D eigenvalue weighted by Gasteiger charge is 2.45. The van der Waals surface area contributed by atoms with Crippen molar-refractivity contribution in [1.82, 2.24) is 10.6 Å². The predicted octanol–water partition coefficient (Wildman–Crippen LogP) is 2.25. The summed E-state index contributed by atoms with van der Waals surface area (Å²) in [5, 5.41) is 6.21. The third-order valence-corrected chi connectivity index (χ3v) is 4.03. The standard InChI is InChI=1S/C15H22N2O.ClH/c1-12(16-2)11-17-14(18)15(9-6-10-15)13-7-4-3-5-8-13;/h3-5,7-8,12,16H,6,9-11H2,1-2H3,(H,17,18);1H. The lowest BCUT2D eigenvalue weighted by Gasteiger charge is -2.41. The van der Waals surface area contributed by atoms with Gasteiger partial charge in [-0.1, -0.05) is 36.8 Å². The molecule has 0 radical (unpaired) electrons. The maximum Gasteiger partial charge on any atom is 0.230 e. The van der Waals surface area contributed by atoms with E-state index in [2.05, 4.69) is 29.7 Å². The molecular formula is C15H23ClN2O. The van der Waals surface area contributed by atoms with Gasteiger partial charge in [0.1, 0.15) is 0 Å². The number of rotatable bonds is 5. The minimum Gasteiger partial charge on any atom is -0.354 e. The Kier molecular flexibility index (Phi) is 5.83. The summed E-state index contributed by atoms with van der Waals surface area (Å²) in [5.74, 6) is 0.182. The molecule has 0 aromatic heterocycles. The number of nitrogens with one attached hydrogen (secondary N) is 2. The molecule has 0 bridgehead atoms. The van der Waals surface area contributed by atoms with Gasteiger partial charge in [-0.3, -0.25) is 4.79 Å². The highest BCUT2D eigenvalue weighted by molar-refractivity contribution is 5.89. The second-order valence-corrected chi connectivity index (χ2v) is 5.20. The van der Waals surface area contributed by atoms with Gasteiger partial charge < -0.3 is 10.6 Å². The van der Waals surface area contributed by atoms with Gasteiger partial charge in [-0.15, -0.1) is 12.4 Å². The maximum atomic E-state index is 12.4. The van der Waals surface area contributed by atoms with Crippen LogP contribution in [-0.2, 0) is 10.2 Å². The molecule has 1 aromatic carbocycles. The van der Waals surface area contributed by atoms with Gasteiger partial charge in [0, 0.05) is 12.6 Å². The Balaban J connectivity index is 0.00000180. The van der Waals surface area contributed by atoms with Crippen LogP contribution in [0.5, 0.6) is 0 Å². The molecule has 19 heavy (non-hydrogen) atoms. The van der Waals surface area contributed by atoms with Gasteiger partial charge in [0.15, 0.2) is 0 Å². The summed E-state index contributed by atoms with van der Waals surface area (Å²) < 4.78 is 0. The molecule has 106 valence electrons. The molecule has 3 nitrogen and oxygen atoms in total. The number of halogens is 1. The molecule has 1 amide bonds. The Labute approximate surface area is 121 Å². The van der Waals surface area contributed by atoms with E-state index >= 15 is 0 Å². The summed E-state index contributed by atoms with van der Waals surface area (Å²) in [6.07, 6.45) is 3.08. The highest BCUT2D eigenvalue weighted by Crippen LogP contribution is 2.43. The van der Waals surface area contributed by atoms with E-state index in [0.29, 0.717) is 12.6 Å². The average Bonchev–Trinajstić information content (AvgIpc) is 2.36. The smallest absolute Gasteiger partial charge is 0.230 e. The van der Waals surface area contributed by atoms with Crippen LogP contribution in [0.3, 0.4) is 0 Å². The summed E-state index contributed by atoms with van der Waals surface area (Å²) in [5.41, 5.74) is 0.889. The normalized spacial score (nSPS) is 17.8. The second-order valence-electron chi connectivity index (χ2n) is 5.20. The molecule has 1 saturated carbocycles. The van der Waals surface area contributed by atoms with E-state index in [9.17, 15) is 4.79 Å². The Hall–Kier alpha value is -1.06. The first-order chi connectivity index (χ1) is 8.69. The van der Waals surface area contributed by atoms with Crippen LogP contribution >= 0.6 is 12.4 Å². The molecule has 0 saturated heterocycles. The fourth-order valence-electron chi connectivity index (χ4n) is 2.45. The van der Waals surface area contributed by atoms with E-state index < -0.39 is 0 Å². The zero-order chi connectivity index (χ0) is 13.0. The van der Waals surface area contributed by atoms with Crippen molar-refractivity contribution in [3.8, 4) is 0 Å². The molecule has 0 spiro atoms. The Morgan fingerprint density at radius 3 is 2.42 bits per heavy atom. The van der Waals surface area contributed by atoms with Gasteiger partial charge in [-0.2, -0.15) is 0 Å². The van der Waals surface area contributed by atoms with Crippen molar-refractivity contribution in [2.24, 2.45) is 0 Å². The van der Waals surface area contributed by atoms with Crippen LogP contribution in [0.15, 0.2) is 30.3 Å². The SMILES string of the molecule is CNC(C)CNC(=O)C1(c2ccccc2)CCC1.Cl. The number of hydrogen-bond acceptors (Lipinski definition) is 2. The van der Waals surface area contributed by atoms with Crippen molar-refractivity contribution in [1.29, 1.82) is 0 Å². The molecule has 0 heterocycles. The van der Waals surface area contributed by atoms with Crippen LogP contribution in [0.1, 0.15) is 31.7 Å². The van der Waals surface area contributed by atoms with Gasteiger partial charge in [-0.25, -0.2) is 0 Å². The van der Waals surface area contributed by atoms with E-state index in [0.717, 1.165) is 24.8 Å². The monoisotopic (exact) mass is 282 g/mol. The zero-order valence-electron chi connectivity index (χ0n) is 11.6. The summed E-state index contributed by atoms with van der Waals surface area (Å²) in [6, 6.07) is 10.5. The van der Waals surface area contributed by atoms with Gasteiger partial charge >= 0.3 is 0 Å². The lowest BCUT2D eigenvalue weighted by molar-refractivity contribution is -0.130. The lowest BCUT2D eigenvalue weighted by atomic mass is 9.64. The van der Waals surface area contributed by atoms with Gasteiger partial charge in [0.25, 0.3) is 0 Å². The maximum absolute atomic E-state index is 12.4. The molecule has 1 aromatic rings. The van der Waals surface area contributed by atoms with Crippen LogP contribution < -0.4 is 10.6 Å². The molecular weight excluding hydrogens is 260 g/mol. The minimum atomic E-state index is -0.269. The number of likely N-dealkylation sites (N-methyl/N-ethyl adjacent to an activating group) is 1. The van der Waals surface area contributed by atoms with Crippen LogP contribution in [0.2, 0.25) is 0 Å². The lowest BCUT2D eigenvalue weighted by Crippen LogP contribution is -2.51. The molecule has 2 N–H and O–H groups in total. The molecule has 4 heteroatoms. The molecule has 2 rings (SSSR count). The largest absolute Gasteiger partial charge is 0.354 e. The fourth-order valence-corrected chi connectivity index (χ4v) is 2.45. The molecule has 0 aliphatic heterocycles. The molecule has 1 aliphatic rings. The summed E-state index contributed by atoms with van der Waals surface area (Å²) in [6.45, 7) is 2.75. The zero-order valence-corrected chi connectivity index (χ0v) is 12.4. The number of carbonyl (C=O) groups excluding carboxylic acids is 1. The number of benzene rings is 1. The van der Waals surface area contributed by atoms with E-state index in [1.54, 1.807) is 0 Å². The quantitative estimate of drug-likeness (QED) is 0.870. The topological polar surface area (TPSA) is 41.1 Å². The minimum absolute atomic E-state index is 0. The van der Waals surface area contributed by atoms with Crippen LogP contribution in [0.25, 0.3) is 0 Å². The number of amides is 1. The molecule has 1 aliphatic carbocycles. The van der Waals surface area contributed by atoms with E-state index in [4.69, 9.17) is 0 Å². The van der Waals surface area contributed by atoms with Crippen molar-refractivity contribution in [3.63, 3.8) is 0 Å². The highest BCUT2D eigenvalue weighted by atomic mass is 35.5. The Morgan fingerprint density at radius 1 is 1.32 bits per heavy atom. The summed E-state index contributed by atoms with van der Waals surface area (Å²) in [4.78, 5) is 12.4. The second kappa shape index (κ2) is 6.92. The van der Waals surface area contributed by atoms with Gasteiger partial charge in [-0.05, 0) is 32.4 Å². The Morgan fingerprint density at radius 2 is 1.95 bits per heavy atom. The number of carbonyl (C=O) groups is 1. The first-order valence-corrected chi connectivity index (χ1v) is 6.70. The fraction of sp³-hybridized carbons (Fsp3) is 0.533. The van der Waals surface area contributed by atoms with Crippen molar-refractivity contribution >= 4 is 18.3 Å². The average molecular weight is 283 g/mol. The van der Waals surface area contributed by atoms with Crippen LogP contribution in [0.4, 0.5) is 0 Å². The third-order valence-electron chi connectivity index (χ3n) is 4.03. The van der Waals surface area contributed by atoms with Crippen LogP contribution in [0, 0.1) is 0 Å². The van der Waals surface area contributed by atoms with E-state index in [-0.39, 0.29) is 23.7 Å². The predicted molar refractivity (Wildman–Crippen MR) is 80.8 cm³/mol. The van der Waals surface area contributed by atoms with Gasteiger partial charge in [0.05, 0.1) is 5.41 Å². The molecule has 1 fully saturated rings. The van der Waals surface area contributed by atoms with Crippen molar-refractivity contribution in [2.45, 2.75) is 37.6 Å².